The molecule has 3 aromatic carbocycles. The molecule has 6 nitrogen and oxygen atoms in total. The molecule has 0 unspecified atom stereocenters. The minimum Gasteiger partial charge on any atom is -0.408 e. The minimum absolute atomic E-state index is 0.00492. The fraction of sp³-hybridized carbons (Fsp3) is 0.214. The van der Waals surface area contributed by atoms with Crippen molar-refractivity contribution >= 4 is 40.2 Å². The summed E-state index contributed by atoms with van der Waals surface area (Å²) < 4.78 is 61.9. The second kappa shape index (κ2) is 11.4. The molecule has 0 spiro atoms. The van der Waals surface area contributed by atoms with Crippen molar-refractivity contribution in [2.75, 3.05) is 18.4 Å². The standard InChI is InChI=1S/C28H24ClF4N3O3/c1-3-35(4-2)27(38)39-24-12-11-23-21(13-14-36(23)16-17-5-7-18(29)8-6-17)25(24)34-26(37)20-10-9-19(30)15-22(20)28(31,32)33/h5-15H,3-4,16H2,1-2H3,(H,34,37). The number of hydrogen-bond acceptors (Lipinski definition) is 3. The van der Waals surface area contributed by atoms with E-state index in [2.05, 4.69) is 5.32 Å². The van der Waals surface area contributed by atoms with Gasteiger partial charge >= 0.3 is 12.3 Å². The van der Waals surface area contributed by atoms with Gasteiger partial charge in [0.2, 0.25) is 0 Å². The van der Waals surface area contributed by atoms with Gasteiger partial charge in [-0.2, -0.15) is 13.2 Å². The molecule has 11 heteroatoms. The fourth-order valence-electron chi connectivity index (χ4n) is 4.16. The number of amides is 2. The number of benzene rings is 3. The predicted molar refractivity (Wildman–Crippen MR) is 141 cm³/mol. The minimum atomic E-state index is -4.97. The summed E-state index contributed by atoms with van der Waals surface area (Å²) in [6.07, 6.45) is -3.92. The number of carbonyl (C=O) groups excluding carboxylic acids is 2. The van der Waals surface area contributed by atoms with E-state index in [1.54, 1.807) is 44.3 Å². The lowest BCUT2D eigenvalue weighted by molar-refractivity contribution is -0.138. The van der Waals surface area contributed by atoms with Crippen LogP contribution in [0.25, 0.3) is 10.9 Å². The van der Waals surface area contributed by atoms with Gasteiger partial charge in [0.05, 0.1) is 22.3 Å². The van der Waals surface area contributed by atoms with Gasteiger partial charge in [-0.15, -0.1) is 0 Å². The first-order valence-electron chi connectivity index (χ1n) is 12.0. The van der Waals surface area contributed by atoms with Crippen LogP contribution in [0, 0.1) is 5.82 Å². The molecule has 0 aliphatic rings. The number of alkyl halides is 3. The van der Waals surface area contributed by atoms with Crippen molar-refractivity contribution in [3.8, 4) is 5.75 Å². The molecule has 4 aromatic rings. The van der Waals surface area contributed by atoms with E-state index in [1.165, 1.54) is 11.0 Å². The number of anilines is 1. The van der Waals surface area contributed by atoms with Crippen LogP contribution < -0.4 is 10.1 Å². The van der Waals surface area contributed by atoms with Crippen LogP contribution in [0.5, 0.6) is 5.75 Å². The molecule has 0 aliphatic carbocycles. The second-order valence-corrected chi connectivity index (χ2v) is 9.06. The summed E-state index contributed by atoms with van der Waals surface area (Å²) >= 11 is 5.98. The van der Waals surface area contributed by atoms with E-state index in [1.807, 2.05) is 16.7 Å². The summed E-state index contributed by atoms with van der Waals surface area (Å²) in [6, 6.07) is 13.8. The Morgan fingerprint density at radius 1 is 1.00 bits per heavy atom. The number of hydrogen-bond donors (Lipinski definition) is 1. The Balaban J connectivity index is 1.78. The van der Waals surface area contributed by atoms with Crippen LogP contribution in [0.3, 0.4) is 0 Å². The molecule has 0 fully saturated rings. The molecule has 0 radical (unpaired) electrons. The Kier molecular flexibility index (Phi) is 8.15. The fourth-order valence-corrected chi connectivity index (χ4v) is 4.29. The maximum absolute atomic E-state index is 13.6. The van der Waals surface area contributed by atoms with Gasteiger partial charge in [-0.1, -0.05) is 23.7 Å². The van der Waals surface area contributed by atoms with Crippen LogP contribution in [0.15, 0.2) is 66.9 Å². The largest absolute Gasteiger partial charge is 0.417 e. The zero-order chi connectivity index (χ0) is 28.3. The second-order valence-electron chi connectivity index (χ2n) is 8.62. The molecule has 2 amide bonds. The topological polar surface area (TPSA) is 63.6 Å². The van der Waals surface area contributed by atoms with Crippen LogP contribution in [-0.4, -0.2) is 34.6 Å². The van der Waals surface area contributed by atoms with Crippen molar-refractivity contribution in [1.82, 2.24) is 9.47 Å². The summed E-state index contributed by atoms with van der Waals surface area (Å²) in [7, 11) is 0. The summed E-state index contributed by atoms with van der Waals surface area (Å²) in [5.41, 5.74) is -0.638. The third-order valence-corrected chi connectivity index (χ3v) is 6.42. The molecule has 4 rings (SSSR count). The molecule has 1 N–H and O–H groups in total. The molecule has 39 heavy (non-hydrogen) atoms. The molecule has 0 aliphatic heterocycles. The van der Waals surface area contributed by atoms with Gasteiger partial charge in [0.25, 0.3) is 5.91 Å². The first-order chi connectivity index (χ1) is 18.5. The summed E-state index contributed by atoms with van der Waals surface area (Å²) in [5.74, 6) is -2.32. The number of nitrogens with one attached hydrogen (secondary N) is 1. The van der Waals surface area contributed by atoms with Crippen LogP contribution >= 0.6 is 11.6 Å². The van der Waals surface area contributed by atoms with Crippen molar-refractivity contribution in [3.05, 3.63) is 94.4 Å². The zero-order valence-corrected chi connectivity index (χ0v) is 21.7. The van der Waals surface area contributed by atoms with Crippen molar-refractivity contribution in [2.24, 2.45) is 0 Å². The van der Waals surface area contributed by atoms with E-state index in [9.17, 15) is 27.2 Å². The van der Waals surface area contributed by atoms with Crippen molar-refractivity contribution in [1.29, 1.82) is 0 Å². The van der Waals surface area contributed by atoms with Crippen molar-refractivity contribution < 1.29 is 31.9 Å². The number of halogens is 5. The van der Waals surface area contributed by atoms with Gasteiger partial charge in [0.1, 0.15) is 5.82 Å². The lowest BCUT2D eigenvalue weighted by atomic mass is 10.1. The predicted octanol–water partition coefficient (Wildman–Crippen LogP) is 7.59. The number of carbonyl (C=O) groups is 2. The van der Waals surface area contributed by atoms with Gasteiger partial charge in [-0.05, 0) is 67.9 Å². The number of rotatable bonds is 7. The molecule has 0 atom stereocenters. The van der Waals surface area contributed by atoms with Crippen molar-refractivity contribution in [3.63, 3.8) is 0 Å². The summed E-state index contributed by atoms with van der Waals surface area (Å²) in [6.45, 7) is 4.69. The Hall–Kier alpha value is -4.05. The van der Waals surface area contributed by atoms with E-state index < -0.39 is 35.1 Å². The van der Waals surface area contributed by atoms with Gasteiger partial charge in [-0.25, -0.2) is 9.18 Å². The smallest absolute Gasteiger partial charge is 0.408 e. The van der Waals surface area contributed by atoms with Crippen LogP contribution in [0.4, 0.5) is 28.0 Å². The third-order valence-electron chi connectivity index (χ3n) is 6.17. The Labute approximate surface area is 226 Å². The lowest BCUT2D eigenvalue weighted by Crippen LogP contribution is -2.33. The average molecular weight is 562 g/mol. The highest BCUT2D eigenvalue weighted by Gasteiger charge is 2.36. The normalized spacial score (nSPS) is 11.5. The third kappa shape index (κ3) is 6.17. The molecule has 1 aromatic heterocycles. The van der Waals surface area contributed by atoms with Gasteiger partial charge in [-0.3, -0.25) is 4.79 Å². The van der Waals surface area contributed by atoms with Gasteiger partial charge < -0.3 is 19.5 Å². The van der Waals surface area contributed by atoms with E-state index in [4.69, 9.17) is 16.3 Å². The maximum atomic E-state index is 13.6. The van der Waals surface area contributed by atoms with Gasteiger partial charge in [0.15, 0.2) is 5.75 Å². The van der Waals surface area contributed by atoms with E-state index in [0.717, 1.165) is 17.7 Å². The number of ether oxygens (including phenoxy) is 1. The average Bonchev–Trinajstić information content (AvgIpc) is 3.29. The highest BCUT2D eigenvalue weighted by Crippen LogP contribution is 2.37. The van der Waals surface area contributed by atoms with E-state index in [0.29, 0.717) is 35.6 Å². The van der Waals surface area contributed by atoms with Gasteiger partial charge in [0, 0.05) is 36.2 Å². The van der Waals surface area contributed by atoms with E-state index in [-0.39, 0.29) is 17.5 Å². The number of nitrogens with zero attached hydrogens (tertiary/aromatic N) is 2. The Morgan fingerprint density at radius 2 is 1.69 bits per heavy atom. The zero-order valence-electron chi connectivity index (χ0n) is 21.0. The molecular weight excluding hydrogens is 538 g/mol. The molecule has 0 bridgehead atoms. The van der Waals surface area contributed by atoms with Crippen LogP contribution in [0.2, 0.25) is 5.02 Å². The Morgan fingerprint density at radius 3 is 2.33 bits per heavy atom. The van der Waals surface area contributed by atoms with Crippen LogP contribution in [-0.2, 0) is 12.7 Å². The highest BCUT2D eigenvalue weighted by molar-refractivity contribution is 6.30. The molecule has 204 valence electrons. The molecule has 0 saturated heterocycles. The first-order valence-corrected chi connectivity index (χ1v) is 12.4. The summed E-state index contributed by atoms with van der Waals surface area (Å²) in [5, 5.41) is 3.49. The van der Waals surface area contributed by atoms with Crippen LogP contribution in [0.1, 0.15) is 35.3 Å². The number of fused-ring (bicyclic) bond motifs is 1. The Bertz CT molecular complexity index is 1510. The SMILES string of the molecule is CCN(CC)C(=O)Oc1ccc2c(ccn2Cc2ccc(Cl)cc2)c1NC(=O)c1ccc(F)cc1C(F)(F)F. The maximum Gasteiger partial charge on any atom is 0.417 e. The summed E-state index contributed by atoms with van der Waals surface area (Å²) in [4.78, 5) is 27.3. The highest BCUT2D eigenvalue weighted by atomic mass is 35.5. The molecular formula is C28H24ClF4N3O3. The first kappa shape index (κ1) is 28.0. The molecule has 1 heterocycles. The lowest BCUT2D eigenvalue weighted by Gasteiger charge is -2.20. The number of aromatic nitrogens is 1. The molecule has 0 saturated carbocycles. The van der Waals surface area contributed by atoms with Crippen molar-refractivity contribution in [2.45, 2.75) is 26.6 Å². The quantitative estimate of drug-likeness (QED) is 0.236. The van der Waals surface area contributed by atoms with E-state index >= 15 is 0 Å². The monoisotopic (exact) mass is 561 g/mol.